The zero-order valence-electron chi connectivity index (χ0n) is 21.3. The van der Waals surface area contributed by atoms with Gasteiger partial charge in [-0.2, -0.15) is 0 Å². The zero-order valence-corrected chi connectivity index (χ0v) is 22.1. The van der Waals surface area contributed by atoms with Crippen molar-refractivity contribution in [1.29, 1.82) is 0 Å². The first-order valence-corrected chi connectivity index (χ1v) is 12.0. The van der Waals surface area contributed by atoms with Gasteiger partial charge in [-0.15, -0.1) is 23.6 Å². The summed E-state index contributed by atoms with van der Waals surface area (Å²) < 4.78 is 5.00. The molecule has 3 heteroatoms. The number of hydrogen-bond donors (Lipinski definition) is 0. The van der Waals surface area contributed by atoms with Crippen molar-refractivity contribution in [2.24, 2.45) is 0 Å². The van der Waals surface area contributed by atoms with Crippen LogP contribution >= 0.6 is 11.8 Å². The van der Waals surface area contributed by atoms with E-state index in [1.54, 1.807) is 11.8 Å². The number of fused-ring (bicyclic) bond motifs is 1. The van der Waals surface area contributed by atoms with E-state index >= 15 is 0 Å². The second-order valence-corrected chi connectivity index (χ2v) is 6.09. The Hall–Kier alpha value is -2.18. The molecule has 1 heterocycles. The quantitative estimate of drug-likeness (QED) is 0.285. The number of thioether (sulfide) groups is 1. The van der Waals surface area contributed by atoms with Gasteiger partial charge in [-0.3, -0.25) is 0 Å². The van der Waals surface area contributed by atoms with Crippen molar-refractivity contribution in [3.8, 4) is 11.8 Å². The van der Waals surface area contributed by atoms with E-state index in [0.717, 1.165) is 16.7 Å². The number of nitrogens with zero attached hydrogens (tertiary/aromatic N) is 1. The standard InChI is InChI=1S/C9H12S.C8H7NO.C4H6.3C2H6/c1-7-4-5-9(10-3)8(2)6-7;1-6-7-4-2-3-5-8(7)10-9-6;1-3-4-2;3*1-2/h4-6H,1-3H3;2-5H,1H3;1-2H3;3*1-2H3. The third kappa shape index (κ3) is 13.9. The first-order valence-electron chi connectivity index (χ1n) is 10.8. The van der Waals surface area contributed by atoms with E-state index < -0.39 is 0 Å². The van der Waals surface area contributed by atoms with Crippen molar-refractivity contribution < 1.29 is 4.52 Å². The Balaban J connectivity index is -0.000000344. The molecule has 0 saturated carbocycles. The number of benzene rings is 2. The van der Waals surface area contributed by atoms with E-state index in [1.807, 2.05) is 86.6 Å². The van der Waals surface area contributed by atoms with Gasteiger partial charge in [0.15, 0.2) is 5.58 Å². The topological polar surface area (TPSA) is 26.0 Å². The molecule has 0 atom stereocenters. The molecule has 1 aromatic heterocycles. The Bertz CT molecular complexity index is 819. The maximum Gasteiger partial charge on any atom is 0.167 e. The highest BCUT2D eigenvalue weighted by atomic mass is 32.2. The molecule has 0 saturated heterocycles. The SMILES string of the molecule is CC.CC.CC.CC#CC.CSc1ccc(C)cc1C.Cc1noc2ccccc12. The Labute approximate surface area is 190 Å². The minimum atomic E-state index is 0.861. The average Bonchev–Trinajstić information content (AvgIpc) is 3.19. The van der Waals surface area contributed by atoms with E-state index in [2.05, 4.69) is 55.3 Å². The van der Waals surface area contributed by atoms with Gasteiger partial charge in [0.25, 0.3) is 0 Å². The lowest BCUT2D eigenvalue weighted by Gasteiger charge is -2.01. The highest BCUT2D eigenvalue weighted by Gasteiger charge is 1.99. The minimum absolute atomic E-state index is 0.861. The number of aryl methyl sites for hydroxylation is 3. The molecule has 0 amide bonds. The summed E-state index contributed by atoms with van der Waals surface area (Å²) in [6.07, 6.45) is 2.11. The molecule has 3 rings (SSSR count). The monoisotopic (exact) mass is 429 g/mol. The van der Waals surface area contributed by atoms with E-state index in [0.29, 0.717) is 0 Å². The molecular weight excluding hydrogens is 386 g/mol. The van der Waals surface area contributed by atoms with Crippen molar-refractivity contribution in [3.63, 3.8) is 0 Å². The summed E-state index contributed by atoms with van der Waals surface area (Å²) in [5.74, 6) is 5.36. The maximum atomic E-state index is 5.00. The van der Waals surface area contributed by atoms with Crippen LogP contribution in [0, 0.1) is 32.6 Å². The van der Waals surface area contributed by atoms with Gasteiger partial charge in [0.05, 0.1) is 5.69 Å². The summed E-state index contributed by atoms with van der Waals surface area (Å²) in [6.45, 7) is 21.8. The molecule has 0 aliphatic rings. The van der Waals surface area contributed by atoms with Crippen LogP contribution in [0.4, 0.5) is 0 Å². The number of para-hydroxylation sites is 1. The maximum absolute atomic E-state index is 5.00. The smallest absolute Gasteiger partial charge is 0.167 e. The van der Waals surface area contributed by atoms with Crippen LogP contribution in [0.1, 0.15) is 72.2 Å². The Morgan fingerprint density at radius 3 is 1.77 bits per heavy atom. The predicted octanol–water partition coefficient (Wildman–Crippen LogP) is 9.27. The van der Waals surface area contributed by atoms with Crippen molar-refractivity contribution in [1.82, 2.24) is 5.16 Å². The van der Waals surface area contributed by atoms with Crippen molar-refractivity contribution in [3.05, 3.63) is 59.3 Å². The number of aromatic nitrogens is 1. The van der Waals surface area contributed by atoms with E-state index in [4.69, 9.17) is 4.52 Å². The Morgan fingerprint density at radius 1 is 0.800 bits per heavy atom. The first-order chi connectivity index (χ1) is 14.5. The zero-order chi connectivity index (χ0) is 23.9. The largest absolute Gasteiger partial charge is 0.356 e. The molecule has 0 aliphatic carbocycles. The molecule has 0 bridgehead atoms. The van der Waals surface area contributed by atoms with Crippen molar-refractivity contribution >= 4 is 22.7 Å². The van der Waals surface area contributed by atoms with Crippen LogP contribution in [0.5, 0.6) is 0 Å². The van der Waals surface area contributed by atoms with Crippen LogP contribution in [-0.2, 0) is 0 Å². The van der Waals surface area contributed by atoms with Gasteiger partial charge in [-0.25, -0.2) is 0 Å². The fourth-order valence-corrected chi connectivity index (χ4v) is 2.63. The van der Waals surface area contributed by atoms with Gasteiger partial charge in [-0.1, -0.05) is 76.5 Å². The lowest BCUT2D eigenvalue weighted by Crippen LogP contribution is -1.79. The van der Waals surface area contributed by atoms with Crippen LogP contribution in [-0.4, -0.2) is 11.4 Å². The molecule has 0 N–H and O–H groups in total. The third-order valence-corrected chi connectivity index (χ3v) is 4.26. The number of hydrogen-bond acceptors (Lipinski definition) is 3. The van der Waals surface area contributed by atoms with E-state index in [1.165, 1.54) is 16.0 Å². The summed E-state index contributed by atoms with van der Waals surface area (Å²) >= 11 is 1.80. The van der Waals surface area contributed by atoms with Gasteiger partial charge < -0.3 is 4.52 Å². The summed E-state index contributed by atoms with van der Waals surface area (Å²) in [5, 5.41) is 4.92. The van der Waals surface area contributed by atoms with Crippen LogP contribution in [0.2, 0.25) is 0 Å². The van der Waals surface area contributed by atoms with E-state index in [9.17, 15) is 0 Å². The second-order valence-electron chi connectivity index (χ2n) is 5.24. The molecule has 168 valence electrons. The molecule has 3 aromatic rings. The third-order valence-electron chi connectivity index (χ3n) is 3.36. The normalized spacial score (nSPS) is 7.87. The van der Waals surface area contributed by atoms with Gasteiger partial charge in [0, 0.05) is 10.3 Å². The molecular formula is C27H43NOS. The fourth-order valence-electron chi connectivity index (χ4n) is 2.04. The lowest BCUT2D eigenvalue weighted by molar-refractivity contribution is 0.450. The fraction of sp³-hybridized carbons (Fsp3) is 0.444. The highest BCUT2D eigenvalue weighted by molar-refractivity contribution is 7.98. The molecule has 30 heavy (non-hydrogen) atoms. The lowest BCUT2D eigenvalue weighted by atomic mass is 10.2. The van der Waals surface area contributed by atoms with Gasteiger partial charge in [0.1, 0.15) is 0 Å². The first kappa shape index (κ1) is 32.5. The summed E-state index contributed by atoms with van der Waals surface area (Å²) in [5.41, 5.74) is 4.54. The van der Waals surface area contributed by atoms with Crippen LogP contribution in [0.3, 0.4) is 0 Å². The van der Waals surface area contributed by atoms with Gasteiger partial charge in [0.2, 0.25) is 0 Å². The average molecular weight is 430 g/mol. The minimum Gasteiger partial charge on any atom is -0.356 e. The van der Waals surface area contributed by atoms with Crippen LogP contribution in [0.15, 0.2) is 51.9 Å². The molecule has 0 unspecified atom stereocenters. The highest BCUT2D eigenvalue weighted by Crippen LogP contribution is 2.19. The van der Waals surface area contributed by atoms with Crippen LogP contribution in [0.25, 0.3) is 11.0 Å². The van der Waals surface area contributed by atoms with Crippen LogP contribution < -0.4 is 0 Å². The molecule has 0 aliphatic heterocycles. The summed E-state index contributed by atoms with van der Waals surface area (Å²) in [4.78, 5) is 1.38. The Morgan fingerprint density at radius 2 is 1.33 bits per heavy atom. The Kier molecular flexibility index (Phi) is 25.0. The molecule has 0 spiro atoms. The number of rotatable bonds is 1. The van der Waals surface area contributed by atoms with Crippen molar-refractivity contribution in [2.75, 3.05) is 6.26 Å². The van der Waals surface area contributed by atoms with Gasteiger partial charge >= 0.3 is 0 Å². The molecule has 2 aromatic carbocycles. The summed E-state index contributed by atoms with van der Waals surface area (Å²) in [6, 6.07) is 14.4. The second kappa shape index (κ2) is 23.1. The van der Waals surface area contributed by atoms with Crippen molar-refractivity contribution in [2.45, 2.75) is 81.1 Å². The molecule has 0 radical (unpaired) electrons. The van der Waals surface area contributed by atoms with E-state index in [-0.39, 0.29) is 0 Å². The predicted molar refractivity (Wildman–Crippen MR) is 140 cm³/mol. The molecule has 0 fully saturated rings. The van der Waals surface area contributed by atoms with Gasteiger partial charge in [-0.05, 0) is 64.6 Å². The summed E-state index contributed by atoms with van der Waals surface area (Å²) in [7, 11) is 0. The molecule has 2 nitrogen and oxygen atoms in total.